The summed E-state index contributed by atoms with van der Waals surface area (Å²) in [6.07, 6.45) is 7.42. The fraction of sp³-hybridized carbons (Fsp3) is 0.292. The maximum atomic E-state index is 14.5. The minimum Gasteiger partial charge on any atom is -0.397 e. The average Bonchev–Trinajstić information content (AvgIpc) is 2.76. The summed E-state index contributed by atoms with van der Waals surface area (Å²) in [6, 6.07) is 5.85. The highest BCUT2D eigenvalue weighted by Gasteiger charge is 2.25. The summed E-state index contributed by atoms with van der Waals surface area (Å²) in [6.45, 7) is 2.23. The molecule has 0 radical (unpaired) electrons. The van der Waals surface area contributed by atoms with Crippen molar-refractivity contribution in [1.29, 1.82) is 0 Å². The number of nitrogens with zero attached hydrogens (tertiary/aromatic N) is 2. The predicted octanol–water partition coefficient (Wildman–Crippen LogP) is 5.69. The molecule has 0 saturated heterocycles. The van der Waals surface area contributed by atoms with Crippen molar-refractivity contribution in [3.8, 4) is 11.3 Å². The summed E-state index contributed by atoms with van der Waals surface area (Å²) in [5, 5.41) is 2.75. The number of aromatic nitrogens is 2. The number of nitrogen functional groups attached to an aromatic ring is 1. The summed E-state index contributed by atoms with van der Waals surface area (Å²) < 4.78 is 42.9. The molecule has 8 heteroatoms. The Kier molecular flexibility index (Phi) is 6.12. The van der Waals surface area contributed by atoms with Crippen molar-refractivity contribution in [2.45, 2.75) is 38.5 Å². The number of carbonyl (C=O) groups excluding carboxylic acids is 1. The number of anilines is 2. The number of pyridine rings is 2. The second-order valence-corrected chi connectivity index (χ2v) is 8.23. The monoisotopic (exact) mass is 440 g/mol. The highest BCUT2D eigenvalue weighted by atomic mass is 19.1. The Morgan fingerprint density at radius 2 is 1.75 bits per heavy atom. The molecule has 1 fully saturated rings. The zero-order valence-electron chi connectivity index (χ0n) is 17.5. The molecular formula is C24H23F3N4O. The van der Waals surface area contributed by atoms with Crippen LogP contribution in [0.25, 0.3) is 11.3 Å². The third kappa shape index (κ3) is 4.30. The van der Waals surface area contributed by atoms with Crippen LogP contribution in [-0.2, 0) is 0 Å². The van der Waals surface area contributed by atoms with Gasteiger partial charge in [-0.3, -0.25) is 9.78 Å². The first kappa shape index (κ1) is 21.8. The van der Waals surface area contributed by atoms with E-state index in [1.165, 1.54) is 0 Å². The van der Waals surface area contributed by atoms with Gasteiger partial charge < -0.3 is 11.1 Å². The Morgan fingerprint density at radius 1 is 1.06 bits per heavy atom. The molecule has 1 amide bonds. The van der Waals surface area contributed by atoms with Gasteiger partial charge in [0.2, 0.25) is 0 Å². The van der Waals surface area contributed by atoms with E-state index in [1.807, 2.05) is 6.07 Å². The van der Waals surface area contributed by atoms with E-state index in [9.17, 15) is 18.0 Å². The highest BCUT2D eigenvalue weighted by Crippen LogP contribution is 2.38. The highest BCUT2D eigenvalue weighted by molar-refractivity contribution is 6.06. The van der Waals surface area contributed by atoms with Crippen molar-refractivity contribution in [2.24, 2.45) is 5.92 Å². The minimum atomic E-state index is -1.03. The molecule has 3 aromatic rings. The van der Waals surface area contributed by atoms with Crippen molar-refractivity contribution in [2.75, 3.05) is 11.1 Å². The largest absolute Gasteiger partial charge is 0.397 e. The van der Waals surface area contributed by atoms with Crippen molar-refractivity contribution in [3.63, 3.8) is 0 Å². The number of hydrogen-bond donors (Lipinski definition) is 2. The number of rotatable bonds is 4. The molecule has 4 rings (SSSR count). The lowest BCUT2D eigenvalue weighted by Gasteiger charge is -2.27. The topological polar surface area (TPSA) is 80.9 Å². The third-order valence-corrected chi connectivity index (χ3v) is 5.98. The fourth-order valence-corrected chi connectivity index (χ4v) is 4.20. The van der Waals surface area contributed by atoms with E-state index >= 15 is 0 Å². The lowest BCUT2D eigenvalue weighted by Crippen LogP contribution is -2.19. The van der Waals surface area contributed by atoms with Crippen LogP contribution in [0.2, 0.25) is 0 Å². The van der Waals surface area contributed by atoms with Gasteiger partial charge in [0.1, 0.15) is 17.3 Å². The Labute approximate surface area is 183 Å². The van der Waals surface area contributed by atoms with Gasteiger partial charge in [0, 0.05) is 12.3 Å². The summed E-state index contributed by atoms with van der Waals surface area (Å²) in [7, 11) is 0. The van der Waals surface area contributed by atoms with E-state index in [0.29, 0.717) is 11.6 Å². The Morgan fingerprint density at radius 3 is 2.44 bits per heavy atom. The molecule has 2 aromatic heterocycles. The van der Waals surface area contributed by atoms with Crippen LogP contribution >= 0.6 is 0 Å². The number of hydrogen-bond acceptors (Lipinski definition) is 4. The van der Waals surface area contributed by atoms with Gasteiger partial charge in [0.05, 0.1) is 23.1 Å². The number of carbonyl (C=O) groups is 1. The molecule has 0 atom stereocenters. The van der Waals surface area contributed by atoms with Crippen molar-refractivity contribution in [1.82, 2.24) is 9.97 Å². The molecule has 0 spiro atoms. The van der Waals surface area contributed by atoms with E-state index in [0.717, 1.165) is 55.5 Å². The van der Waals surface area contributed by atoms with Crippen molar-refractivity contribution >= 4 is 17.3 Å². The molecule has 5 nitrogen and oxygen atoms in total. The number of nitrogens with one attached hydrogen (secondary N) is 1. The summed E-state index contributed by atoms with van der Waals surface area (Å²) >= 11 is 0. The van der Waals surface area contributed by atoms with Crippen LogP contribution in [0.1, 0.15) is 54.6 Å². The van der Waals surface area contributed by atoms with Gasteiger partial charge in [-0.1, -0.05) is 25.8 Å². The Bertz CT molecular complexity index is 1140. The fourth-order valence-electron chi connectivity index (χ4n) is 4.20. The van der Waals surface area contributed by atoms with Crippen LogP contribution in [0.4, 0.5) is 24.5 Å². The first-order valence-corrected chi connectivity index (χ1v) is 10.5. The molecule has 32 heavy (non-hydrogen) atoms. The van der Waals surface area contributed by atoms with Gasteiger partial charge in [-0.15, -0.1) is 0 Å². The van der Waals surface area contributed by atoms with E-state index in [4.69, 9.17) is 5.73 Å². The first-order chi connectivity index (χ1) is 15.3. The third-order valence-electron chi connectivity index (χ3n) is 5.98. The van der Waals surface area contributed by atoms with Crippen LogP contribution in [0, 0.1) is 23.4 Å². The van der Waals surface area contributed by atoms with Gasteiger partial charge in [0.15, 0.2) is 11.5 Å². The minimum absolute atomic E-state index is 0.238. The average molecular weight is 440 g/mol. The molecule has 0 aliphatic heterocycles. The molecule has 0 unspecified atom stereocenters. The lowest BCUT2D eigenvalue weighted by molar-refractivity contribution is 0.102. The van der Waals surface area contributed by atoms with Crippen LogP contribution in [-0.4, -0.2) is 15.9 Å². The van der Waals surface area contributed by atoms with E-state index in [-0.39, 0.29) is 17.3 Å². The molecular weight excluding hydrogens is 417 g/mol. The summed E-state index contributed by atoms with van der Waals surface area (Å²) in [5.41, 5.74) is 5.47. The smallest absolute Gasteiger partial charge is 0.276 e. The van der Waals surface area contributed by atoms with Gasteiger partial charge in [0.25, 0.3) is 5.91 Å². The van der Waals surface area contributed by atoms with Gasteiger partial charge >= 0.3 is 0 Å². The number of nitrogens with two attached hydrogens (primary N) is 1. The molecule has 1 aliphatic carbocycles. The lowest BCUT2D eigenvalue weighted by atomic mass is 9.79. The van der Waals surface area contributed by atoms with Crippen molar-refractivity contribution < 1.29 is 18.0 Å². The zero-order chi connectivity index (χ0) is 22.8. The number of halogens is 3. The Balaban J connectivity index is 1.67. The van der Waals surface area contributed by atoms with Gasteiger partial charge in [-0.2, -0.15) is 0 Å². The van der Waals surface area contributed by atoms with E-state index in [2.05, 4.69) is 22.2 Å². The molecule has 1 aromatic carbocycles. The van der Waals surface area contributed by atoms with Gasteiger partial charge in [-0.05, 0) is 48.4 Å². The standard InChI is InChI=1S/C24H23F3N4O/c1-13-5-7-14(8-6-13)15-9-10-29-12-20(15)30-24(32)23-19(28)11-18(27)22(31-23)21-16(25)3-2-4-17(21)26/h2-4,9-14H,5-8,28H2,1H3,(H,30,32). The molecule has 3 N–H and O–H groups in total. The van der Waals surface area contributed by atoms with Crippen LogP contribution in [0.5, 0.6) is 0 Å². The van der Waals surface area contributed by atoms with Gasteiger partial charge in [-0.25, -0.2) is 18.2 Å². The maximum absolute atomic E-state index is 14.5. The normalized spacial score (nSPS) is 18.4. The molecule has 2 heterocycles. The van der Waals surface area contributed by atoms with E-state index < -0.39 is 34.6 Å². The summed E-state index contributed by atoms with van der Waals surface area (Å²) in [5.74, 6) is -2.76. The van der Waals surface area contributed by atoms with Crippen LogP contribution < -0.4 is 11.1 Å². The SMILES string of the molecule is CC1CCC(c2ccncc2NC(=O)c2nc(-c3c(F)cccc3F)c(F)cc2N)CC1. The number of benzene rings is 1. The second kappa shape index (κ2) is 8.98. The number of amides is 1. The van der Waals surface area contributed by atoms with Crippen LogP contribution in [0.15, 0.2) is 42.7 Å². The molecule has 1 aliphatic rings. The first-order valence-electron chi connectivity index (χ1n) is 10.5. The quantitative estimate of drug-likeness (QED) is 0.546. The zero-order valence-corrected chi connectivity index (χ0v) is 17.5. The Hall–Kier alpha value is -3.42. The second-order valence-electron chi connectivity index (χ2n) is 8.23. The van der Waals surface area contributed by atoms with Crippen LogP contribution in [0.3, 0.4) is 0 Å². The maximum Gasteiger partial charge on any atom is 0.276 e. The van der Waals surface area contributed by atoms with E-state index in [1.54, 1.807) is 12.4 Å². The molecule has 0 bridgehead atoms. The van der Waals surface area contributed by atoms with Crippen molar-refractivity contribution in [3.05, 3.63) is 71.4 Å². The predicted molar refractivity (Wildman–Crippen MR) is 117 cm³/mol. The summed E-state index contributed by atoms with van der Waals surface area (Å²) in [4.78, 5) is 21.0. The molecule has 1 saturated carbocycles. The molecule has 166 valence electrons.